The third kappa shape index (κ3) is 3.28. The number of carbonyl (C=O) groups excluding carboxylic acids is 1. The predicted octanol–water partition coefficient (Wildman–Crippen LogP) is 1.75. The van der Waals surface area contributed by atoms with E-state index < -0.39 is 0 Å². The lowest BCUT2D eigenvalue weighted by Crippen LogP contribution is -2.38. The maximum absolute atomic E-state index is 11.3. The van der Waals surface area contributed by atoms with E-state index in [-0.39, 0.29) is 18.1 Å². The van der Waals surface area contributed by atoms with Gasteiger partial charge in [0.15, 0.2) is 0 Å². The summed E-state index contributed by atoms with van der Waals surface area (Å²) in [5.74, 6) is -0.221. The minimum absolute atomic E-state index is 0.0778. The van der Waals surface area contributed by atoms with Crippen molar-refractivity contribution in [2.45, 2.75) is 32.4 Å². The lowest BCUT2D eigenvalue weighted by Gasteiger charge is -2.18. The maximum Gasteiger partial charge on any atom is 0.322 e. The van der Waals surface area contributed by atoms with Crippen LogP contribution in [0.1, 0.15) is 31.3 Å². The second-order valence-electron chi connectivity index (χ2n) is 3.24. The van der Waals surface area contributed by atoms with E-state index in [0.29, 0.717) is 6.42 Å². The molecular formula is C10H16N2O2S. The number of nitrogens with zero attached hydrogens (tertiary/aromatic N) is 1. The zero-order valence-corrected chi connectivity index (χ0v) is 10.0. The molecular weight excluding hydrogens is 212 g/mol. The summed E-state index contributed by atoms with van der Waals surface area (Å²) in [4.78, 5) is 15.5. The Bertz CT molecular complexity index is 300. The van der Waals surface area contributed by atoms with E-state index in [9.17, 15) is 4.79 Å². The molecule has 0 aliphatic rings. The quantitative estimate of drug-likeness (QED) is 0.780. The standard InChI is InChI=1S/C10H16N2O2S/c1-4-8(10(13)14-3)12-7(2)9-11-5-6-15-9/h5-8,12H,4H2,1-3H3. The fourth-order valence-electron chi connectivity index (χ4n) is 1.32. The first-order valence-corrected chi connectivity index (χ1v) is 5.80. The molecule has 1 N–H and O–H groups in total. The summed E-state index contributed by atoms with van der Waals surface area (Å²) in [5, 5.41) is 6.10. The number of hydrogen-bond donors (Lipinski definition) is 1. The van der Waals surface area contributed by atoms with Crippen molar-refractivity contribution in [1.29, 1.82) is 0 Å². The molecule has 5 heteroatoms. The molecule has 2 atom stereocenters. The van der Waals surface area contributed by atoms with E-state index in [0.717, 1.165) is 5.01 Å². The van der Waals surface area contributed by atoms with Crippen molar-refractivity contribution in [3.8, 4) is 0 Å². The normalized spacial score (nSPS) is 14.6. The topological polar surface area (TPSA) is 51.2 Å². The molecule has 15 heavy (non-hydrogen) atoms. The molecule has 0 saturated carbocycles. The number of aromatic nitrogens is 1. The van der Waals surface area contributed by atoms with Crippen LogP contribution in [-0.2, 0) is 9.53 Å². The Morgan fingerprint density at radius 1 is 1.73 bits per heavy atom. The van der Waals surface area contributed by atoms with Crippen molar-refractivity contribution in [1.82, 2.24) is 10.3 Å². The fourth-order valence-corrected chi connectivity index (χ4v) is 1.97. The second kappa shape index (κ2) is 5.82. The molecule has 84 valence electrons. The molecule has 0 aromatic carbocycles. The van der Waals surface area contributed by atoms with Crippen LogP contribution in [-0.4, -0.2) is 24.1 Å². The van der Waals surface area contributed by atoms with Crippen molar-refractivity contribution in [3.05, 3.63) is 16.6 Å². The molecule has 0 fully saturated rings. The summed E-state index contributed by atoms with van der Waals surface area (Å²) in [6, 6.07) is -0.178. The largest absolute Gasteiger partial charge is 0.468 e. The molecule has 0 radical (unpaired) electrons. The zero-order chi connectivity index (χ0) is 11.3. The Morgan fingerprint density at radius 3 is 2.93 bits per heavy atom. The fraction of sp³-hybridized carbons (Fsp3) is 0.600. The van der Waals surface area contributed by atoms with Gasteiger partial charge in [0, 0.05) is 11.6 Å². The van der Waals surface area contributed by atoms with Crippen LogP contribution in [0.4, 0.5) is 0 Å². The van der Waals surface area contributed by atoms with E-state index in [1.54, 1.807) is 17.5 Å². The minimum Gasteiger partial charge on any atom is -0.468 e. The van der Waals surface area contributed by atoms with E-state index in [1.165, 1.54) is 7.11 Å². The predicted molar refractivity (Wildman–Crippen MR) is 59.8 cm³/mol. The maximum atomic E-state index is 11.3. The zero-order valence-electron chi connectivity index (χ0n) is 9.19. The van der Waals surface area contributed by atoms with Crippen LogP contribution in [0.3, 0.4) is 0 Å². The van der Waals surface area contributed by atoms with Gasteiger partial charge in [0.25, 0.3) is 0 Å². The lowest BCUT2D eigenvalue weighted by molar-refractivity contribution is -0.143. The minimum atomic E-state index is -0.256. The van der Waals surface area contributed by atoms with Crippen LogP contribution in [0.15, 0.2) is 11.6 Å². The molecule has 2 unspecified atom stereocenters. The summed E-state index contributed by atoms with van der Waals surface area (Å²) >= 11 is 1.58. The average molecular weight is 228 g/mol. The molecule has 1 heterocycles. The van der Waals surface area contributed by atoms with Gasteiger partial charge in [-0.1, -0.05) is 6.92 Å². The molecule has 1 rings (SSSR count). The van der Waals surface area contributed by atoms with Gasteiger partial charge < -0.3 is 4.74 Å². The number of carbonyl (C=O) groups is 1. The highest BCUT2D eigenvalue weighted by atomic mass is 32.1. The Balaban J connectivity index is 2.56. The van der Waals surface area contributed by atoms with Crippen molar-refractivity contribution in [2.24, 2.45) is 0 Å². The number of esters is 1. The van der Waals surface area contributed by atoms with Gasteiger partial charge in [0.1, 0.15) is 11.0 Å². The third-order valence-corrected chi connectivity index (χ3v) is 3.13. The third-order valence-electron chi connectivity index (χ3n) is 2.17. The summed E-state index contributed by atoms with van der Waals surface area (Å²) in [7, 11) is 1.40. The van der Waals surface area contributed by atoms with Gasteiger partial charge in [0.05, 0.1) is 13.2 Å². The summed E-state index contributed by atoms with van der Waals surface area (Å²) in [6.07, 6.45) is 2.47. The number of rotatable bonds is 5. The highest BCUT2D eigenvalue weighted by Crippen LogP contribution is 2.16. The van der Waals surface area contributed by atoms with Crippen LogP contribution in [0.25, 0.3) is 0 Å². The van der Waals surface area contributed by atoms with Crippen LogP contribution in [0.5, 0.6) is 0 Å². The van der Waals surface area contributed by atoms with E-state index >= 15 is 0 Å². The van der Waals surface area contributed by atoms with Crippen LogP contribution >= 0.6 is 11.3 Å². The van der Waals surface area contributed by atoms with Crippen molar-refractivity contribution < 1.29 is 9.53 Å². The Kier molecular flexibility index (Phi) is 4.71. The molecule has 0 spiro atoms. The lowest BCUT2D eigenvalue weighted by atomic mass is 10.2. The monoisotopic (exact) mass is 228 g/mol. The Labute approximate surface area is 93.7 Å². The Hall–Kier alpha value is -0.940. The molecule has 0 amide bonds. The van der Waals surface area contributed by atoms with Crippen molar-refractivity contribution in [3.63, 3.8) is 0 Å². The van der Waals surface area contributed by atoms with Gasteiger partial charge in [-0.05, 0) is 13.3 Å². The Morgan fingerprint density at radius 2 is 2.47 bits per heavy atom. The van der Waals surface area contributed by atoms with E-state index in [2.05, 4.69) is 10.3 Å². The van der Waals surface area contributed by atoms with E-state index in [1.807, 2.05) is 19.2 Å². The summed E-state index contributed by atoms with van der Waals surface area (Å²) in [6.45, 7) is 3.94. The molecule has 0 aliphatic heterocycles. The highest BCUT2D eigenvalue weighted by Gasteiger charge is 2.20. The SMILES string of the molecule is CCC(NC(C)c1nccs1)C(=O)OC. The first kappa shape index (κ1) is 12.1. The summed E-state index contributed by atoms with van der Waals surface area (Å²) < 4.78 is 4.70. The number of ether oxygens (including phenoxy) is 1. The second-order valence-corrected chi connectivity index (χ2v) is 4.17. The van der Waals surface area contributed by atoms with Crippen LogP contribution in [0.2, 0.25) is 0 Å². The molecule has 1 aromatic heterocycles. The molecule has 1 aromatic rings. The van der Waals surface area contributed by atoms with E-state index in [4.69, 9.17) is 4.74 Å². The van der Waals surface area contributed by atoms with Gasteiger partial charge in [-0.3, -0.25) is 10.1 Å². The molecule has 4 nitrogen and oxygen atoms in total. The summed E-state index contributed by atoms with van der Waals surface area (Å²) in [5.41, 5.74) is 0. The van der Waals surface area contributed by atoms with Crippen LogP contribution < -0.4 is 5.32 Å². The van der Waals surface area contributed by atoms with Crippen LogP contribution in [0, 0.1) is 0 Å². The number of methoxy groups -OCH3 is 1. The van der Waals surface area contributed by atoms with Gasteiger partial charge in [-0.15, -0.1) is 11.3 Å². The smallest absolute Gasteiger partial charge is 0.322 e. The van der Waals surface area contributed by atoms with Crippen molar-refractivity contribution >= 4 is 17.3 Å². The first-order valence-electron chi connectivity index (χ1n) is 4.92. The van der Waals surface area contributed by atoms with Gasteiger partial charge >= 0.3 is 5.97 Å². The van der Waals surface area contributed by atoms with Crippen molar-refractivity contribution in [2.75, 3.05) is 7.11 Å². The van der Waals surface area contributed by atoms with Gasteiger partial charge in [-0.25, -0.2) is 4.98 Å². The highest BCUT2D eigenvalue weighted by molar-refractivity contribution is 7.09. The average Bonchev–Trinajstić information content (AvgIpc) is 2.77. The molecule has 0 bridgehead atoms. The number of thiazole rings is 1. The van der Waals surface area contributed by atoms with Gasteiger partial charge in [-0.2, -0.15) is 0 Å². The first-order chi connectivity index (χ1) is 7.19. The molecule has 0 aliphatic carbocycles. The number of nitrogens with one attached hydrogen (secondary N) is 1. The van der Waals surface area contributed by atoms with Gasteiger partial charge in [0.2, 0.25) is 0 Å². The molecule has 0 saturated heterocycles. The number of hydrogen-bond acceptors (Lipinski definition) is 5.